The van der Waals surface area contributed by atoms with Crippen LogP contribution in [0.5, 0.6) is 0 Å². The van der Waals surface area contributed by atoms with Gasteiger partial charge in [-0.05, 0) is 19.3 Å². The summed E-state index contributed by atoms with van der Waals surface area (Å²) in [7, 11) is 0. The van der Waals surface area contributed by atoms with Crippen molar-refractivity contribution >= 4 is 11.9 Å². The van der Waals surface area contributed by atoms with Crippen LogP contribution in [0.15, 0.2) is 12.3 Å². The predicted molar refractivity (Wildman–Crippen MR) is 55.2 cm³/mol. The molecule has 0 bridgehead atoms. The number of hydrogen-bond acceptors (Lipinski definition) is 3. The minimum absolute atomic E-state index is 0.0847. The summed E-state index contributed by atoms with van der Waals surface area (Å²) in [5.41, 5.74) is 0. The molecule has 1 saturated carbocycles. The fourth-order valence-electron chi connectivity index (χ4n) is 1.09. The maximum Gasteiger partial charge on any atom is 0.329 e. The number of nitrogens with one attached hydrogen (secondary N) is 2. The van der Waals surface area contributed by atoms with Crippen LogP contribution < -0.4 is 10.6 Å². The molecule has 0 saturated heterocycles. The zero-order chi connectivity index (χ0) is 11.1. The van der Waals surface area contributed by atoms with Gasteiger partial charge < -0.3 is 15.7 Å². The fraction of sp³-hybridized carbons (Fsp3) is 0.600. The minimum atomic E-state index is -0.978. The zero-order valence-electron chi connectivity index (χ0n) is 8.53. The van der Waals surface area contributed by atoms with Crippen LogP contribution in [-0.2, 0) is 9.59 Å². The Bertz CT molecular complexity index is 259. The molecule has 0 aromatic rings. The summed E-state index contributed by atoms with van der Waals surface area (Å²) in [4.78, 5) is 21.3. The molecule has 0 radical (unpaired) electrons. The highest BCUT2D eigenvalue weighted by Gasteiger charge is 2.22. The molecule has 0 aliphatic heterocycles. The third kappa shape index (κ3) is 6.54. The molecular weight excluding hydrogens is 196 g/mol. The van der Waals surface area contributed by atoms with Gasteiger partial charge in [-0.2, -0.15) is 0 Å². The lowest BCUT2D eigenvalue weighted by molar-refractivity contribution is -0.131. The number of amides is 1. The van der Waals surface area contributed by atoms with Crippen molar-refractivity contribution in [1.29, 1.82) is 0 Å². The van der Waals surface area contributed by atoms with Gasteiger partial charge in [-0.1, -0.05) is 0 Å². The standard InChI is InChI=1S/C10H16N2O3/c13-9(12-8-3-4-8)2-1-6-11-7-5-10(14)15/h5,7-8,11H,1-4,6H2,(H,12,13)(H,14,15)/b7-5+. The van der Waals surface area contributed by atoms with E-state index in [-0.39, 0.29) is 5.91 Å². The van der Waals surface area contributed by atoms with E-state index >= 15 is 0 Å². The predicted octanol–water partition coefficient (Wildman–Crippen LogP) is 0.233. The third-order valence-corrected chi connectivity index (χ3v) is 2.01. The van der Waals surface area contributed by atoms with Crippen molar-refractivity contribution in [2.45, 2.75) is 31.7 Å². The first kappa shape index (κ1) is 11.6. The van der Waals surface area contributed by atoms with Gasteiger partial charge in [0.15, 0.2) is 0 Å². The third-order valence-electron chi connectivity index (χ3n) is 2.01. The molecule has 1 aliphatic carbocycles. The van der Waals surface area contributed by atoms with Crippen molar-refractivity contribution < 1.29 is 14.7 Å². The summed E-state index contributed by atoms with van der Waals surface area (Å²) < 4.78 is 0. The van der Waals surface area contributed by atoms with E-state index in [4.69, 9.17) is 5.11 Å². The van der Waals surface area contributed by atoms with Crippen molar-refractivity contribution in [2.24, 2.45) is 0 Å². The molecule has 84 valence electrons. The monoisotopic (exact) mass is 212 g/mol. The van der Waals surface area contributed by atoms with Gasteiger partial charge in [0.1, 0.15) is 0 Å². The Morgan fingerprint density at radius 2 is 2.13 bits per heavy atom. The van der Waals surface area contributed by atoms with E-state index in [1.54, 1.807) is 0 Å². The molecule has 0 atom stereocenters. The molecule has 1 fully saturated rings. The van der Waals surface area contributed by atoms with E-state index in [2.05, 4.69) is 10.6 Å². The number of carbonyl (C=O) groups is 2. The minimum Gasteiger partial charge on any atom is -0.478 e. The van der Waals surface area contributed by atoms with Crippen LogP contribution in [0.25, 0.3) is 0 Å². The molecule has 1 rings (SSSR count). The van der Waals surface area contributed by atoms with E-state index in [1.807, 2.05) is 0 Å². The van der Waals surface area contributed by atoms with E-state index in [0.29, 0.717) is 25.4 Å². The topological polar surface area (TPSA) is 78.4 Å². The molecule has 0 heterocycles. The van der Waals surface area contributed by atoms with Gasteiger partial charge in [-0.3, -0.25) is 4.79 Å². The molecule has 0 aromatic carbocycles. The van der Waals surface area contributed by atoms with Crippen LogP contribution in [-0.4, -0.2) is 29.6 Å². The van der Waals surface area contributed by atoms with Crippen LogP contribution in [0, 0.1) is 0 Å². The van der Waals surface area contributed by atoms with Crippen LogP contribution >= 0.6 is 0 Å². The quantitative estimate of drug-likeness (QED) is 0.417. The Balaban J connectivity index is 1.91. The molecule has 0 spiro atoms. The van der Waals surface area contributed by atoms with E-state index in [0.717, 1.165) is 18.9 Å². The van der Waals surface area contributed by atoms with Gasteiger partial charge in [0.25, 0.3) is 0 Å². The zero-order valence-corrected chi connectivity index (χ0v) is 8.53. The number of aliphatic carboxylic acids is 1. The normalized spacial score (nSPS) is 15.2. The second kappa shape index (κ2) is 6.06. The summed E-state index contributed by atoms with van der Waals surface area (Å²) in [6.07, 6.45) is 5.81. The maximum atomic E-state index is 11.2. The van der Waals surface area contributed by atoms with Crippen molar-refractivity contribution in [2.75, 3.05) is 6.54 Å². The molecule has 0 aromatic heterocycles. The Morgan fingerprint density at radius 3 is 2.73 bits per heavy atom. The fourth-order valence-corrected chi connectivity index (χ4v) is 1.09. The maximum absolute atomic E-state index is 11.2. The first-order valence-electron chi connectivity index (χ1n) is 5.10. The van der Waals surface area contributed by atoms with Crippen LogP contribution in [0.4, 0.5) is 0 Å². The van der Waals surface area contributed by atoms with Gasteiger partial charge >= 0.3 is 5.97 Å². The lowest BCUT2D eigenvalue weighted by Crippen LogP contribution is -2.25. The second-order valence-corrected chi connectivity index (χ2v) is 3.57. The lowest BCUT2D eigenvalue weighted by atomic mass is 10.3. The lowest BCUT2D eigenvalue weighted by Gasteiger charge is -2.02. The Labute approximate surface area is 88.5 Å². The SMILES string of the molecule is O=C(O)/C=C/NCCCC(=O)NC1CC1. The highest BCUT2D eigenvalue weighted by Crippen LogP contribution is 2.18. The summed E-state index contributed by atoms with van der Waals surface area (Å²) in [5.74, 6) is -0.893. The van der Waals surface area contributed by atoms with E-state index in [1.165, 1.54) is 6.20 Å². The summed E-state index contributed by atoms with van der Waals surface area (Å²) in [6, 6.07) is 0.414. The van der Waals surface area contributed by atoms with Gasteiger partial charge in [0.05, 0.1) is 0 Å². The Morgan fingerprint density at radius 1 is 1.40 bits per heavy atom. The van der Waals surface area contributed by atoms with Gasteiger partial charge in [0, 0.05) is 31.3 Å². The van der Waals surface area contributed by atoms with Crippen LogP contribution in [0.2, 0.25) is 0 Å². The molecular formula is C10H16N2O3. The smallest absolute Gasteiger partial charge is 0.329 e. The number of carbonyl (C=O) groups excluding carboxylic acids is 1. The molecule has 3 N–H and O–H groups in total. The van der Waals surface area contributed by atoms with Gasteiger partial charge in [-0.15, -0.1) is 0 Å². The highest BCUT2D eigenvalue weighted by atomic mass is 16.4. The summed E-state index contributed by atoms with van der Waals surface area (Å²) >= 11 is 0. The number of carboxylic acid groups (broad SMARTS) is 1. The molecule has 0 unspecified atom stereocenters. The van der Waals surface area contributed by atoms with Crippen molar-refractivity contribution in [3.8, 4) is 0 Å². The Kier molecular flexibility index (Phi) is 4.66. The van der Waals surface area contributed by atoms with Crippen molar-refractivity contribution in [1.82, 2.24) is 10.6 Å². The van der Waals surface area contributed by atoms with Crippen LogP contribution in [0.1, 0.15) is 25.7 Å². The van der Waals surface area contributed by atoms with Crippen molar-refractivity contribution in [3.05, 3.63) is 12.3 Å². The van der Waals surface area contributed by atoms with Crippen molar-refractivity contribution in [3.63, 3.8) is 0 Å². The van der Waals surface area contributed by atoms with Crippen LogP contribution in [0.3, 0.4) is 0 Å². The summed E-state index contributed by atoms with van der Waals surface area (Å²) in [6.45, 7) is 0.613. The first-order valence-corrected chi connectivity index (χ1v) is 5.10. The molecule has 15 heavy (non-hydrogen) atoms. The van der Waals surface area contributed by atoms with E-state index < -0.39 is 5.97 Å². The molecule has 1 amide bonds. The average molecular weight is 212 g/mol. The average Bonchev–Trinajstić information content (AvgIpc) is 2.94. The number of rotatable bonds is 7. The molecule has 1 aliphatic rings. The van der Waals surface area contributed by atoms with Gasteiger partial charge in [0.2, 0.25) is 5.91 Å². The molecule has 5 heteroatoms. The largest absolute Gasteiger partial charge is 0.478 e. The Hall–Kier alpha value is -1.52. The number of hydrogen-bond donors (Lipinski definition) is 3. The second-order valence-electron chi connectivity index (χ2n) is 3.57. The number of carboxylic acids is 1. The van der Waals surface area contributed by atoms with E-state index in [9.17, 15) is 9.59 Å². The van der Waals surface area contributed by atoms with Gasteiger partial charge in [-0.25, -0.2) is 4.79 Å². The highest BCUT2D eigenvalue weighted by molar-refractivity contribution is 5.79. The first-order chi connectivity index (χ1) is 7.18. The summed E-state index contributed by atoms with van der Waals surface area (Å²) in [5, 5.41) is 14.0. The molecule has 5 nitrogen and oxygen atoms in total.